The Morgan fingerprint density at radius 3 is 2.37 bits per heavy atom. The summed E-state index contributed by atoms with van der Waals surface area (Å²) in [5.41, 5.74) is 7.18. The Morgan fingerprint density at radius 1 is 0.833 bits per heavy atom. The quantitative estimate of drug-likeness (QED) is 0.653. The van der Waals surface area contributed by atoms with Gasteiger partial charge in [-0.2, -0.15) is 0 Å². The molecule has 0 radical (unpaired) electrons. The van der Waals surface area contributed by atoms with E-state index in [0.29, 0.717) is 11.8 Å². The van der Waals surface area contributed by atoms with Crippen LogP contribution in [0.25, 0.3) is 0 Å². The van der Waals surface area contributed by atoms with E-state index in [1.807, 2.05) is 0 Å². The molecule has 0 spiro atoms. The minimum absolute atomic E-state index is 0.638. The van der Waals surface area contributed by atoms with Gasteiger partial charge in [0.25, 0.3) is 0 Å². The van der Waals surface area contributed by atoms with Crippen molar-refractivity contribution in [2.24, 2.45) is 5.92 Å². The topological polar surface area (TPSA) is 13.0 Å². The van der Waals surface area contributed by atoms with Gasteiger partial charge in [-0.1, -0.05) is 45.0 Å². The van der Waals surface area contributed by atoms with Gasteiger partial charge in [0.05, 0.1) is 22.7 Å². The summed E-state index contributed by atoms with van der Waals surface area (Å²) >= 11 is 0. The van der Waals surface area contributed by atoms with Crippen LogP contribution in [0, 0.1) is 5.92 Å². The van der Waals surface area contributed by atoms with Crippen molar-refractivity contribution >= 4 is 22.7 Å². The molecule has 1 atom stereocenters. The third-order valence-corrected chi connectivity index (χ3v) is 7.30. The lowest BCUT2D eigenvalue weighted by Crippen LogP contribution is -2.39. The van der Waals surface area contributed by atoms with E-state index in [1.165, 1.54) is 59.2 Å². The maximum absolute atomic E-state index is 2.65. The first-order chi connectivity index (χ1) is 14.6. The number of benzene rings is 2. The van der Waals surface area contributed by atoms with Crippen molar-refractivity contribution < 1.29 is 0 Å². The van der Waals surface area contributed by atoms with E-state index >= 15 is 0 Å². The maximum atomic E-state index is 2.65. The normalized spacial score (nSPS) is 21.7. The summed E-state index contributed by atoms with van der Waals surface area (Å²) in [6, 6.07) is 16.0. The van der Waals surface area contributed by atoms with Gasteiger partial charge in [-0.05, 0) is 54.9 Å². The van der Waals surface area contributed by atoms with Crippen molar-refractivity contribution in [1.82, 2.24) is 0 Å². The van der Waals surface area contributed by atoms with Gasteiger partial charge in [-0.15, -0.1) is 0 Å². The molecule has 0 saturated heterocycles. The number of fused-ring (bicyclic) bond motifs is 6. The van der Waals surface area contributed by atoms with E-state index in [9.17, 15) is 0 Å². The number of hydrogen-bond donors (Lipinski definition) is 0. The van der Waals surface area contributed by atoms with E-state index in [2.05, 4.69) is 82.8 Å². The fraction of sp³-hybridized carbons (Fsp3) is 0.462. The second-order valence-electron chi connectivity index (χ2n) is 9.68. The predicted molar refractivity (Wildman–Crippen MR) is 126 cm³/mol. The van der Waals surface area contributed by atoms with Crippen molar-refractivity contribution in [3.63, 3.8) is 0 Å². The molecule has 6 rings (SSSR count). The Labute approximate surface area is 180 Å². The molecule has 4 heteroatoms. The van der Waals surface area contributed by atoms with Crippen LogP contribution in [-0.2, 0) is 0 Å². The van der Waals surface area contributed by atoms with Crippen molar-refractivity contribution in [2.45, 2.75) is 46.0 Å². The van der Waals surface area contributed by atoms with Gasteiger partial charge in [0.1, 0.15) is 0 Å². The van der Waals surface area contributed by atoms with Gasteiger partial charge in [-0.25, -0.2) is 0 Å². The largest absolute Gasteiger partial charge is 0.323 e. The summed E-state index contributed by atoms with van der Waals surface area (Å²) in [5, 5.41) is 0. The number of nitrogens with zero attached hydrogens (tertiary/aromatic N) is 4. The Morgan fingerprint density at radius 2 is 1.57 bits per heavy atom. The van der Waals surface area contributed by atoms with Crippen LogP contribution in [0.15, 0.2) is 54.1 Å². The smallest absolute Gasteiger partial charge is 0.156 e. The molecule has 0 aromatic heterocycles. The van der Waals surface area contributed by atoms with Gasteiger partial charge in [0.2, 0.25) is 0 Å². The predicted octanol–water partition coefficient (Wildman–Crippen LogP) is 5.72. The Hall–Kier alpha value is -2.62. The summed E-state index contributed by atoms with van der Waals surface area (Å²) in [6.07, 6.45) is 3.60. The summed E-state index contributed by atoms with van der Waals surface area (Å²) in [5.74, 6) is 4.16. The number of rotatable bonds is 3. The average Bonchev–Trinajstić information content (AvgIpc) is 3.14. The SMILES string of the molecule is CC(C)CCN1C2=C3N(CCCN2c2ccccc21)c1cccc2c1N3CCC2C. The highest BCUT2D eigenvalue weighted by Gasteiger charge is 2.45. The van der Waals surface area contributed by atoms with E-state index in [4.69, 9.17) is 0 Å². The van der Waals surface area contributed by atoms with Crippen LogP contribution in [0.2, 0.25) is 0 Å². The van der Waals surface area contributed by atoms with Crippen LogP contribution in [0.1, 0.15) is 51.5 Å². The third-order valence-electron chi connectivity index (χ3n) is 7.30. The highest BCUT2D eigenvalue weighted by molar-refractivity contribution is 5.91. The first kappa shape index (κ1) is 18.2. The van der Waals surface area contributed by atoms with E-state index < -0.39 is 0 Å². The molecule has 1 unspecified atom stereocenters. The highest BCUT2D eigenvalue weighted by Crippen LogP contribution is 2.54. The summed E-state index contributed by atoms with van der Waals surface area (Å²) in [6.45, 7) is 11.4. The second kappa shape index (κ2) is 6.69. The van der Waals surface area contributed by atoms with Crippen molar-refractivity contribution in [3.8, 4) is 0 Å². The molecular formula is C26H32N4. The zero-order valence-corrected chi connectivity index (χ0v) is 18.4. The molecule has 30 heavy (non-hydrogen) atoms. The molecule has 4 nitrogen and oxygen atoms in total. The van der Waals surface area contributed by atoms with Gasteiger partial charge in [0, 0.05) is 26.2 Å². The van der Waals surface area contributed by atoms with Crippen LogP contribution in [0.4, 0.5) is 22.7 Å². The summed E-state index contributed by atoms with van der Waals surface area (Å²) in [7, 11) is 0. The Bertz CT molecular complexity index is 1020. The first-order valence-corrected chi connectivity index (χ1v) is 11.7. The van der Waals surface area contributed by atoms with Crippen LogP contribution < -0.4 is 19.6 Å². The average molecular weight is 401 g/mol. The summed E-state index contributed by atoms with van der Waals surface area (Å²) < 4.78 is 0. The Kier molecular flexibility index (Phi) is 4.06. The molecule has 0 fully saturated rings. The molecule has 4 heterocycles. The van der Waals surface area contributed by atoms with Gasteiger partial charge in [-0.3, -0.25) is 0 Å². The Balaban J connectivity index is 1.56. The zero-order valence-electron chi connectivity index (χ0n) is 18.4. The molecule has 0 bridgehead atoms. The minimum Gasteiger partial charge on any atom is -0.323 e. The number of anilines is 4. The fourth-order valence-electron chi connectivity index (χ4n) is 5.75. The molecule has 156 valence electrons. The van der Waals surface area contributed by atoms with Crippen LogP contribution in [0.3, 0.4) is 0 Å². The standard InChI is InChI=1S/C26H32N4/c1-18(2)12-16-29-22-10-5-4-9-21(22)27-14-7-15-28-23-11-6-8-20-19(3)13-17-30(24(20)23)26(28)25(27)29/h4-6,8-11,18-19H,7,12-17H2,1-3H3. The van der Waals surface area contributed by atoms with Gasteiger partial charge >= 0.3 is 0 Å². The molecule has 2 aromatic carbocycles. The maximum Gasteiger partial charge on any atom is 0.156 e. The van der Waals surface area contributed by atoms with E-state index in [0.717, 1.165) is 26.2 Å². The lowest BCUT2D eigenvalue weighted by molar-refractivity contribution is 0.584. The van der Waals surface area contributed by atoms with Crippen molar-refractivity contribution in [1.29, 1.82) is 0 Å². The highest BCUT2D eigenvalue weighted by atomic mass is 15.5. The minimum atomic E-state index is 0.638. The second-order valence-corrected chi connectivity index (χ2v) is 9.68. The molecule has 0 N–H and O–H groups in total. The summed E-state index contributed by atoms with van der Waals surface area (Å²) in [4.78, 5) is 10.5. The lowest BCUT2D eigenvalue weighted by atomic mass is 9.91. The van der Waals surface area contributed by atoms with Crippen LogP contribution in [-0.4, -0.2) is 26.2 Å². The van der Waals surface area contributed by atoms with E-state index in [-0.39, 0.29) is 0 Å². The third kappa shape index (κ3) is 2.46. The van der Waals surface area contributed by atoms with E-state index in [1.54, 1.807) is 0 Å². The molecule has 2 aromatic rings. The van der Waals surface area contributed by atoms with Gasteiger partial charge < -0.3 is 19.6 Å². The molecule has 0 aliphatic carbocycles. The molecular weight excluding hydrogens is 368 g/mol. The number of para-hydroxylation sites is 3. The lowest BCUT2D eigenvalue weighted by Gasteiger charge is -2.34. The monoisotopic (exact) mass is 400 g/mol. The van der Waals surface area contributed by atoms with Crippen LogP contribution in [0.5, 0.6) is 0 Å². The van der Waals surface area contributed by atoms with Crippen molar-refractivity contribution in [3.05, 3.63) is 59.7 Å². The molecule has 4 aliphatic heterocycles. The fourth-order valence-corrected chi connectivity index (χ4v) is 5.75. The zero-order chi connectivity index (χ0) is 20.4. The molecule has 0 amide bonds. The molecule has 4 aliphatic rings. The molecule has 0 saturated carbocycles. The van der Waals surface area contributed by atoms with Gasteiger partial charge in [0.15, 0.2) is 11.6 Å². The van der Waals surface area contributed by atoms with Crippen molar-refractivity contribution in [2.75, 3.05) is 45.8 Å². The number of hydrogen-bond acceptors (Lipinski definition) is 4. The van der Waals surface area contributed by atoms with Crippen LogP contribution >= 0.6 is 0 Å². The first-order valence-electron chi connectivity index (χ1n) is 11.7.